The van der Waals surface area contributed by atoms with Crippen molar-refractivity contribution in [1.29, 1.82) is 0 Å². The highest BCUT2D eigenvalue weighted by molar-refractivity contribution is 5.99. The van der Waals surface area contributed by atoms with Gasteiger partial charge in [0.1, 0.15) is 0 Å². The van der Waals surface area contributed by atoms with Crippen molar-refractivity contribution in [1.82, 2.24) is 10.2 Å². The molecule has 0 radical (unpaired) electrons. The number of aliphatic hydroxyl groups excluding tert-OH is 1. The number of likely N-dealkylation sites (N-methyl/N-ethyl adjacent to an activating group) is 1. The van der Waals surface area contributed by atoms with E-state index in [-0.39, 0.29) is 30.9 Å². The first-order valence-electron chi connectivity index (χ1n) is 6.70. The molecule has 110 valence electrons. The minimum atomic E-state index is -0.375. The second-order valence-corrected chi connectivity index (χ2v) is 4.94. The lowest BCUT2D eigenvalue weighted by atomic mass is 10.1. The smallest absolute Gasteiger partial charge is 0.234 e. The maximum Gasteiger partial charge on any atom is 0.234 e. The molecule has 0 aliphatic carbocycles. The lowest BCUT2D eigenvalue weighted by Crippen LogP contribution is -2.38. The van der Waals surface area contributed by atoms with Crippen molar-refractivity contribution in [2.45, 2.75) is 19.4 Å². The predicted molar refractivity (Wildman–Crippen MR) is 77.6 cm³/mol. The lowest BCUT2D eigenvalue weighted by molar-refractivity contribution is -0.121. The third-order valence-electron chi connectivity index (χ3n) is 2.88. The Morgan fingerprint density at radius 2 is 1.95 bits per heavy atom. The number of benzene rings is 1. The fourth-order valence-electron chi connectivity index (χ4n) is 1.69. The first-order chi connectivity index (χ1) is 9.49. The number of rotatable bonds is 8. The highest BCUT2D eigenvalue weighted by Gasteiger charge is 2.10. The van der Waals surface area contributed by atoms with E-state index < -0.39 is 0 Å². The third-order valence-corrected chi connectivity index (χ3v) is 2.88. The van der Waals surface area contributed by atoms with E-state index in [1.54, 1.807) is 38.2 Å². The Hall–Kier alpha value is -1.72. The number of carbonyl (C=O) groups is 2. The summed E-state index contributed by atoms with van der Waals surface area (Å²) in [5.74, 6) is -0.298. The number of nitrogens with zero attached hydrogens (tertiary/aromatic N) is 1. The number of hydrogen-bond acceptors (Lipinski definition) is 4. The molecular weight excluding hydrogens is 256 g/mol. The largest absolute Gasteiger partial charge is 0.393 e. The van der Waals surface area contributed by atoms with E-state index in [0.29, 0.717) is 18.5 Å². The maximum absolute atomic E-state index is 11.8. The topological polar surface area (TPSA) is 69.6 Å². The van der Waals surface area contributed by atoms with Crippen molar-refractivity contribution < 1.29 is 14.7 Å². The van der Waals surface area contributed by atoms with Crippen LogP contribution >= 0.6 is 0 Å². The molecule has 5 heteroatoms. The SMILES string of the molecule is CC(O)CCN(C)CC(=O)NCC(=O)c1ccccc1. The van der Waals surface area contributed by atoms with E-state index in [0.717, 1.165) is 0 Å². The van der Waals surface area contributed by atoms with Gasteiger partial charge >= 0.3 is 0 Å². The van der Waals surface area contributed by atoms with Gasteiger partial charge in [-0.15, -0.1) is 0 Å². The summed E-state index contributed by atoms with van der Waals surface area (Å²) in [5.41, 5.74) is 0.593. The van der Waals surface area contributed by atoms with Crippen LogP contribution in [0.25, 0.3) is 0 Å². The van der Waals surface area contributed by atoms with Crippen LogP contribution in [-0.2, 0) is 4.79 Å². The average Bonchev–Trinajstić information content (AvgIpc) is 2.43. The number of Topliss-reactive ketones (excluding diaryl/α,β-unsaturated/α-hetero) is 1. The zero-order valence-corrected chi connectivity index (χ0v) is 12.0. The van der Waals surface area contributed by atoms with Crippen molar-refractivity contribution in [3.63, 3.8) is 0 Å². The fourth-order valence-corrected chi connectivity index (χ4v) is 1.69. The molecule has 0 aliphatic rings. The van der Waals surface area contributed by atoms with E-state index in [1.807, 2.05) is 11.0 Å². The van der Waals surface area contributed by atoms with Crippen LogP contribution in [0.1, 0.15) is 23.7 Å². The monoisotopic (exact) mass is 278 g/mol. The Morgan fingerprint density at radius 1 is 1.30 bits per heavy atom. The first-order valence-corrected chi connectivity index (χ1v) is 6.70. The van der Waals surface area contributed by atoms with Crippen molar-refractivity contribution >= 4 is 11.7 Å². The van der Waals surface area contributed by atoms with Gasteiger partial charge in [-0.1, -0.05) is 30.3 Å². The van der Waals surface area contributed by atoms with Gasteiger partial charge in [-0.3, -0.25) is 14.5 Å². The van der Waals surface area contributed by atoms with Crippen LogP contribution in [0.5, 0.6) is 0 Å². The van der Waals surface area contributed by atoms with Crippen molar-refractivity contribution in [2.24, 2.45) is 0 Å². The summed E-state index contributed by atoms with van der Waals surface area (Å²) in [4.78, 5) is 25.3. The second kappa shape index (κ2) is 8.45. The number of carbonyl (C=O) groups excluding carboxylic acids is 2. The Morgan fingerprint density at radius 3 is 2.55 bits per heavy atom. The molecule has 0 fully saturated rings. The molecule has 1 aromatic carbocycles. The van der Waals surface area contributed by atoms with Crippen molar-refractivity contribution in [2.75, 3.05) is 26.7 Å². The Balaban J connectivity index is 2.28. The number of ketones is 1. The Labute approximate surface area is 119 Å². The van der Waals surface area contributed by atoms with Crippen LogP contribution in [0.3, 0.4) is 0 Å². The first kappa shape index (κ1) is 16.3. The second-order valence-electron chi connectivity index (χ2n) is 4.94. The predicted octanol–water partition coefficient (Wildman–Crippen LogP) is 0.688. The van der Waals surface area contributed by atoms with Gasteiger partial charge in [0.2, 0.25) is 5.91 Å². The molecule has 1 unspecified atom stereocenters. The lowest BCUT2D eigenvalue weighted by Gasteiger charge is -2.16. The summed E-state index contributed by atoms with van der Waals surface area (Å²) in [7, 11) is 1.81. The van der Waals surface area contributed by atoms with E-state index >= 15 is 0 Å². The summed E-state index contributed by atoms with van der Waals surface area (Å²) in [6, 6.07) is 8.87. The molecule has 0 heterocycles. The van der Waals surface area contributed by atoms with E-state index in [1.165, 1.54) is 0 Å². The van der Waals surface area contributed by atoms with Crippen LogP contribution in [0, 0.1) is 0 Å². The molecule has 0 saturated carbocycles. The number of hydrogen-bond donors (Lipinski definition) is 2. The van der Waals surface area contributed by atoms with Gasteiger partial charge in [-0.2, -0.15) is 0 Å². The van der Waals surface area contributed by atoms with Gasteiger partial charge < -0.3 is 10.4 Å². The number of amides is 1. The van der Waals surface area contributed by atoms with Crippen LogP contribution in [0.4, 0.5) is 0 Å². The van der Waals surface area contributed by atoms with Crippen molar-refractivity contribution in [3.05, 3.63) is 35.9 Å². The van der Waals surface area contributed by atoms with Crippen molar-refractivity contribution in [3.8, 4) is 0 Å². The van der Waals surface area contributed by atoms with E-state index in [2.05, 4.69) is 5.32 Å². The van der Waals surface area contributed by atoms with Gasteiger partial charge in [-0.25, -0.2) is 0 Å². The molecule has 1 amide bonds. The van der Waals surface area contributed by atoms with Gasteiger partial charge in [0, 0.05) is 12.1 Å². The minimum absolute atomic E-state index is 0.00703. The quantitative estimate of drug-likeness (QED) is 0.686. The highest BCUT2D eigenvalue weighted by Crippen LogP contribution is 1.99. The molecule has 0 aromatic heterocycles. The number of aliphatic hydroxyl groups is 1. The molecule has 0 spiro atoms. The van der Waals surface area contributed by atoms with Crippen LogP contribution in [0.2, 0.25) is 0 Å². The fraction of sp³-hybridized carbons (Fsp3) is 0.467. The van der Waals surface area contributed by atoms with Gasteiger partial charge in [-0.05, 0) is 20.4 Å². The van der Waals surface area contributed by atoms with Crippen LogP contribution < -0.4 is 5.32 Å². The summed E-state index contributed by atoms with van der Waals surface area (Å²) in [5, 5.41) is 11.8. The van der Waals surface area contributed by atoms with Gasteiger partial charge in [0.15, 0.2) is 5.78 Å². The molecule has 0 aliphatic heterocycles. The Kier molecular flexibility index (Phi) is 6.90. The highest BCUT2D eigenvalue weighted by atomic mass is 16.3. The third kappa shape index (κ3) is 6.45. The molecule has 0 bridgehead atoms. The average molecular weight is 278 g/mol. The van der Waals surface area contributed by atoms with Crippen LogP contribution in [-0.4, -0.2) is 54.5 Å². The molecule has 1 rings (SSSR count). The van der Waals surface area contributed by atoms with E-state index in [4.69, 9.17) is 5.11 Å². The molecule has 1 aromatic rings. The van der Waals surface area contributed by atoms with Gasteiger partial charge in [0.05, 0.1) is 19.2 Å². The molecule has 1 atom stereocenters. The van der Waals surface area contributed by atoms with Gasteiger partial charge in [0.25, 0.3) is 0 Å². The molecule has 5 nitrogen and oxygen atoms in total. The summed E-state index contributed by atoms with van der Waals surface area (Å²) in [6.45, 7) is 2.58. The summed E-state index contributed by atoms with van der Waals surface area (Å²) < 4.78 is 0. The zero-order chi connectivity index (χ0) is 15.0. The Bertz CT molecular complexity index is 432. The summed E-state index contributed by atoms with van der Waals surface area (Å²) >= 11 is 0. The maximum atomic E-state index is 11.8. The molecular formula is C15H22N2O3. The van der Waals surface area contributed by atoms with E-state index in [9.17, 15) is 9.59 Å². The zero-order valence-electron chi connectivity index (χ0n) is 12.0. The normalized spacial score (nSPS) is 12.2. The number of nitrogens with one attached hydrogen (secondary N) is 1. The summed E-state index contributed by atoms with van der Waals surface area (Å²) in [6.07, 6.45) is 0.243. The standard InChI is InChI=1S/C15H22N2O3/c1-12(18)8-9-17(2)11-15(20)16-10-14(19)13-6-4-3-5-7-13/h3-7,12,18H,8-11H2,1-2H3,(H,16,20). The molecule has 2 N–H and O–H groups in total. The van der Waals surface area contributed by atoms with Crippen LogP contribution in [0.15, 0.2) is 30.3 Å². The molecule has 20 heavy (non-hydrogen) atoms. The molecule has 0 saturated heterocycles. The minimum Gasteiger partial charge on any atom is -0.393 e.